The maximum Gasteiger partial charge on any atom is 0.255 e. The number of hydrogen-bond acceptors (Lipinski definition) is 4. The Hall–Kier alpha value is -2.22. The minimum atomic E-state index is -3.51. The van der Waals surface area contributed by atoms with Crippen LogP contribution in [-0.4, -0.2) is 44.2 Å². The maximum absolute atomic E-state index is 12.0. The van der Waals surface area contributed by atoms with Crippen molar-refractivity contribution in [1.29, 1.82) is 0 Å². The average Bonchev–Trinajstić information content (AvgIpc) is 2.60. The van der Waals surface area contributed by atoms with E-state index < -0.39 is 15.9 Å². The maximum atomic E-state index is 12.0. The Labute approximate surface area is 158 Å². The molecule has 138 valence electrons. The van der Waals surface area contributed by atoms with Gasteiger partial charge in [-0.3, -0.25) is 4.79 Å². The fourth-order valence-corrected chi connectivity index (χ4v) is 3.08. The fraction of sp³-hybridized carbons (Fsp3) is 0.222. The lowest BCUT2D eigenvalue weighted by atomic mass is 10.1. The van der Waals surface area contributed by atoms with Gasteiger partial charge in [-0.25, -0.2) is 13.8 Å². The summed E-state index contributed by atoms with van der Waals surface area (Å²) < 4.78 is 25.0. The number of nitrogens with zero attached hydrogens (tertiary/aromatic N) is 2. The van der Waals surface area contributed by atoms with E-state index in [-0.39, 0.29) is 13.1 Å². The Morgan fingerprint density at radius 3 is 2.42 bits per heavy atom. The number of hydrogen-bond donors (Lipinski definition) is 1. The number of carbonyl (C=O) groups excluding carboxylic acids is 1. The first kappa shape index (κ1) is 20.1. The third kappa shape index (κ3) is 6.95. The van der Waals surface area contributed by atoms with Crippen LogP contribution in [-0.2, 0) is 21.2 Å². The van der Waals surface area contributed by atoms with Crippen LogP contribution in [0.5, 0.6) is 0 Å². The van der Waals surface area contributed by atoms with E-state index in [1.165, 1.54) is 6.21 Å². The van der Waals surface area contributed by atoms with Crippen molar-refractivity contribution in [3.63, 3.8) is 0 Å². The largest absolute Gasteiger partial charge is 0.272 e. The predicted octanol–water partition coefficient (Wildman–Crippen LogP) is 2.29. The first-order chi connectivity index (χ1) is 12.3. The highest BCUT2D eigenvalue weighted by Gasteiger charge is 2.19. The first-order valence-corrected chi connectivity index (χ1v) is 10.1. The normalized spacial score (nSPS) is 11.8. The van der Waals surface area contributed by atoms with Gasteiger partial charge in [0.1, 0.15) is 0 Å². The number of rotatable bonds is 8. The van der Waals surface area contributed by atoms with Gasteiger partial charge in [0.15, 0.2) is 0 Å². The minimum Gasteiger partial charge on any atom is -0.272 e. The van der Waals surface area contributed by atoms with Crippen molar-refractivity contribution < 1.29 is 13.2 Å². The molecule has 0 spiro atoms. The highest BCUT2D eigenvalue weighted by atomic mass is 35.5. The molecule has 0 saturated carbocycles. The summed E-state index contributed by atoms with van der Waals surface area (Å²) in [5, 5.41) is 4.44. The van der Waals surface area contributed by atoms with Crippen molar-refractivity contribution in [1.82, 2.24) is 9.73 Å². The molecule has 0 aromatic heterocycles. The summed E-state index contributed by atoms with van der Waals surface area (Å²) in [5.41, 5.74) is 4.10. The molecule has 0 aliphatic carbocycles. The zero-order valence-electron chi connectivity index (χ0n) is 14.3. The molecular formula is C18H20ClN3O3S. The van der Waals surface area contributed by atoms with E-state index in [1.54, 1.807) is 24.3 Å². The summed E-state index contributed by atoms with van der Waals surface area (Å²) in [5.74, 6) is -0.506. The summed E-state index contributed by atoms with van der Waals surface area (Å²) in [7, 11) is -3.51. The van der Waals surface area contributed by atoms with Crippen molar-refractivity contribution in [2.75, 3.05) is 19.3 Å². The molecule has 0 aliphatic heterocycles. The SMILES string of the molecule is CS(=O)(=O)N(CCc1ccccc1)CC(=O)N/N=C/c1ccc(Cl)cc1. The molecule has 0 heterocycles. The molecule has 6 nitrogen and oxygen atoms in total. The molecule has 0 saturated heterocycles. The van der Waals surface area contributed by atoms with E-state index in [2.05, 4.69) is 10.5 Å². The van der Waals surface area contributed by atoms with Gasteiger partial charge in [-0.15, -0.1) is 0 Å². The van der Waals surface area contributed by atoms with Crippen LogP contribution in [0.3, 0.4) is 0 Å². The second-order valence-corrected chi connectivity index (χ2v) is 8.10. The van der Waals surface area contributed by atoms with Gasteiger partial charge in [0, 0.05) is 11.6 Å². The number of halogens is 1. The van der Waals surface area contributed by atoms with Crippen LogP contribution in [0.4, 0.5) is 0 Å². The molecule has 26 heavy (non-hydrogen) atoms. The summed E-state index contributed by atoms with van der Waals surface area (Å²) in [6, 6.07) is 16.4. The van der Waals surface area contributed by atoms with Gasteiger partial charge in [-0.2, -0.15) is 9.41 Å². The van der Waals surface area contributed by atoms with Gasteiger partial charge in [-0.1, -0.05) is 54.1 Å². The highest BCUT2D eigenvalue weighted by molar-refractivity contribution is 7.88. The number of carbonyl (C=O) groups is 1. The Morgan fingerprint density at radius 1 is 1.15 bits per heavy atom. The number of hydrazone groups is 1. The minimum absolute atomic E-state index is 0.219. The lowest BCUT2D eigenvalue weighted by Gasteiger charge is -2.18. The van der Waals surface area contributed by atoms with E-state index >= 15 is 0 Å². The standard InChI is InChI=1S/C18H20ClN3O3S/c1-26(24,25)22(12-11-15-5-3-2-4-6-15)14-18(23)21-20-13-16-7-9-17(19)10-8-16/h2-10,13H,11-12,14H2,1H3,(H,21,23)/b20-13+. The van der Waals surface area contributed by atoms with Crippen molar-refractivity contribution in [2.45, 2.75) is 6.42 Å². The first-order valence-electron chi connectivity index (χ1n) is 7.91. The molecule has 0 atom stereocenters. The zero-order chi connectivity index (χ0) is 19.0. The van der Waals surface area contributed by atoms with Gasteiger partial charge >= 0.3 is 0 Å². The van der Waals surface area contributed by atoms with E-state index in [0.717, 1.165) is 21.7 Å². The number of nitrogens with one attached hydrogen (secondary N) is 1. The third-order valence-corrected chi connectivity index (χ3v) is 5.06. The molecule has 0 aliphatic rings. The van der Waals surface area contributed by atoms with Crippen molar-refractivity contribution in [2.24, 2.45) is 5.10 Å². The highest BCUT2D eigenvalue weighted by Crippen LogP contribution is 2.08. The van der Waals surface area contributed by atoms with Crippen molar-refractivity contribution >= 4 is 33.7 Å². The van der Waals surface area contributed by atoms with Gasteiger partial charge in [0.2, 0.25) is 10.0 Å². The molecule has 0 bridgehead atoms. The van der Waals surface area contributed by atoms with Crippen LogP contribution < -0.4 is 5.43 Å². The molecule has 0 unspecified atom stereocenters. The quantitative estimate of drug-likeness (QED) is 0.552. The van der Waals surface area contributed by atoms with Crippen LogP contribution in [0.15, 0.2) is 59.7 Å². The van der Waals surface area contributed by atoms with Gasteiger partial charge < -0.3 is 0 Å². The smallest absolute Gasteiger partial charge is 0.255 e. The number of amides is 1. The van der Waals surface area contributed by atoms with Crippen molar-refractivity contribution in [3.8, 4) is 0 Å². The topological polar surface area (TPSA) is 78.8 Å². The molecule has 2 rings (SSSR count). The zero-order valence-corrected chi connectivity index (χ0v) is 15.9. The average molecular weight is 394 g/mol. The predicted molar refractivity (Wildman–Crippen MR) is 104 cm³/mol. The van der Waals surface area contributed by atoms with E-state index in [0.29, 0.717) is 11.4 Å². The van der Waals surface area contributed by atoms with Crippen LogP contribution in [0.25, 0.3) is 0 Å². The van der Waals surface area contributed by atoms with Gasteiger partial charge in [-0.05, 0) is 29.7 Å². The number of sulfonamides is 1. The van der Waals surface area contributed by atoms with Crippen LogP contribution in [0.1, 0.15) is 11.1 Å². The van der Waals surface area contributed by atoms with Gasteiger partial charge in [0.05, 0.1) is 19.0 Å². The number of benzene rings is 2. The summed E-state index contributed by atoms with van der Waals surface area (Å²) in [6.07, 6.45) is 3.07. The monoisotopic (exact) mass is 393 g/mol. The Bertz CT molecular complexity index is 853. The van der Waals surface area contributed by atoms with Crippen LogP contribution >= 0.6 is 11.6 Å². The van der Waals surface area contributed by atoms with Crippen LogP contribution in [0, 0.1) is 0 Å². The molecular weight excluding hydrogens is 374 g/mol. The van der Waals surface area contributed by atoms with E-state index in [4.69, 9.17) is 11.6 Å². The lowest BCUT2D eigenvalue weighted by Crippen LogP contribution is -2.40. The van der Waals surface area contributed by atoms with E-state index in [9.17, 15) is 13.2 Å². The molecule has 0 fully saturated rings. The summed E-state index contributed by atoms with van der Waals surface area (Å²) >= 11 is 5.79. The molecule has 0 radical (unpaired) electrons. The van der Waals surface area contributed by atoms with E-state index in [1.807, 2.05) is 30.3 Å². The summed E-state index contributed by atoms with van der Waals surface area (Å²) in [4.78, 5) is 12.0. The second kappa shape index (κ2) is 9.47. The molecule has 1 N–H and O–H groups in total. The summed E-state index contributed by atoms with van der Waals surface area (Å²) in [6.45, 7) is -0.0687. The Morgan fingerprint density at radius 2 is 1.81 bits per heavy atom. The second-order valence-electron chi connectivity index (χ2n) is 5.68. The third-order valence-electron chi connectivity index (χ3n) is 3.55. The molecule has 8 heteroatoms. The fourth-order valence-electron chi connectivity index (χ4n) is 2.18. The molecule has 2 aromatic rings. The molecule has 1 amide bonds. The lowest BCUT2D eigenvalue weighted by molar-refractivity contribution is -0.121. The van der Waals surface area contributed by atoms with Crippen LogP contribution in [0.2, 0.25) is 5.02 Å². The van der Waals surface area contributed by atoms with Gasteiger partial charge in [0.25, 0.3) is 5.91 Å². The molecule has 2 aromatic carbocycles. The Balaban J connectivity index is 1.90. The Kier molecular flexibility index (Phi) is 7.32. The van der Waals surface area contributed by atoms with Crippen molar-refractivity contribution in [3.05, 3.63) is 70.7 Å².